The van der Waals surface area contributed by atoms with Gasteiger partial charge in [-0.1, -0.05) is 12.1 Å². The second-order valence-corrected chi connectivity index (χ2v) is 5.62. The van der Waals surface area contributed by atoms with Gasteiger partial charge in [0.05, 0.1) is 11.6 Å². The molecule has 1 aliphatic heterocycles. The van der Waals surface area contributed by atoms with Crippen molar-refractivity contribution in [3.63, 3.8) is 0 Å². The van der Waals surface area contributed by atoms with Crippen LogP contribution in [0.3, 0.4) is 0 Å². The fourth-order valence-corrected chi connectivity index (χ4v) is 2.93. The van der Waals surface area contributed by atoms with Crippen molar-refractivity contribution in [2.24, 2.45) is 5.73 Å². The van der Waals surface area contributed by atoms with Crippen LogP contribution in [0.2, 0.25) is 0 Å². The minimum absolute atomic E-state index is 0.250. The Morgan fingerprint density at radius 1 is 1.45 bits per heavy atom. The fraction of sp³-hybridized carbons (Fsp3) is 0.600. The van der Waals surface area contributed by atoms with Crippen molar-refractivity contribution in [3.05, 3.63) is 35.4 Å². The highest BCUT2D eigenvalue weighted by Gasteiger charge is 2.35. The van der Waals surface area contributed by atoms with Gasteiger partial charge in [0.2, 0.25) is 0 Å². The zero-order chi connectivity index (χ0) is 14.8. The maximum absolute atomic E-state index is 14.0. The summed E-state index contributed by atoms with van der Waals surface area (Å²) in [6.45, 7) is 3.77. The van der Waals surface area contributed by atoms with Gasteiger partial charge in [-0.3, -0.25) is 4.90 Å². The summed E-state index contributed by atoms with van der Waals surface area (Å²) in [5.41, 5.74) is 5.89. The highest BCUT2D eigenvalue weighted by molar-refractivity contribution is 5.23. The number of hydrogen-bond acceptors (Lipinski definition) is 3. The maximum atomic E-state index is 14.0. The van der Waals surface area contributed by atoms with Gasteiger partial charge in [0.1, 0.15) is 0 Å². The van der Waals surface area contributed by atoms with Gasteiger partial charge in [0, 0.05) is 25.8 Å². The van der Waals surface area contributed by atoms with Gasteiger partial charge in [-0.05, 0) is 32.4 Å². The Kier molecular flexibility index (Phi) is 4.73. The largest absolute Gasteiger partial charge is 0.377 e. The third-order valence-corrected chi connectivity index (χ3v) is 4.19. The van der Waals surface area contributed by atoms with Crippen molar-refractivity contribution in [2.45, 2.75) is 31.4 Å². The normalized spacial score (nSPS) is 25.6. The molecule has 3 nitrogen and oxygen atoms in total. The number of nitrogens with two attached hydrogens (primary N) is 1. The summed E-state index contributed by atoms with van der Waals surface area (Å²) in [6.07, 6.45) is 1.92. The van der Waals surface area contributed by atoms with Gasteiger partial charge in [-0.2, -0.15) is 0 Å². The average Bonchev–Trinajstić information content (AvgIpc) is 2.44. The summed E-state index contributed by atoms with van der Waals surface area (Å²) in [4.78, 5) is 2.09. The molecule has 1 fully saturated rings. The van der Waals surface area contributed by atoms with Crippen molar-refractivity contribution in [3.8, 4) is 0 Å². The fourth-order valence-electron chi connectivity index (χ4n) is 2.93. The number of nitrogens with zero attached hydrogens (tertiary/aromatic N) is 1. The summed E-state index contributed by atoms with van der Waals surface area (Å²) >= 11 is 0. The zero-order valence-electron chi connectivity index (χ0n) is 12.0. The highest BCUT2D eigenvalue weighted by Crippen LogP contribution is 2.31. The molecule has 0 saturated carbocycles. The number of rotatable bonds is 4. The van der Waals surface area contributed by atoms with E-state index in [0.29, 0.717) is 12.1 Å². The Balaban J connectivity index is 2.26. The Bertz CT molecular complexity index is 469. The molecule has 1 aromatic rings. The topological polar surface area (TPSA) is 38.5 Å². The molecule has 2 rings (SSSR count). The molecule has 2 atom stereocenters. The first-order valence-electron chi connectivity index (χ1n) is 6.94. The number of methoxy groups -OCH3 is 1. The molecule has 2 N–H and O–H groups in total. The van der Waals surface area contributed by atoms with E-state index in [-0.39, 0.29) is 18.2 Å². The van der Waals surface area contributed by atoms with Crippen LogP contribution >= 0.6 is 0 Å². The second-order valence-electron chi connectivity index (χ2n) is 5.62. The minimum Gasteiger partial charge on any atom is -0.377 e. The number of likely N-dealkylation sites (tertiary alicyclic amines) is 1. The minimum atomic E-state index is -0.826. The van der Waals surface area contributed by atoms with Crippen LogP contribution in [0.4, 0.5) is 8.78 Å². The van der Waals surface area contributed by atoms with E-state index in [4.69, 9.17) is 10.5 Å². The smallest absolute Gasteiger partial charge is 0.163 e. The molecule has 0 aliphatic carbocycles. The van der Waals surface area contributed by atoms with E-state index < -0.39 is 11.6 Å². The quantitative estimate of drug-likeness (QED) is 0.923. The van der Waals surface area contributed by atoms with Crippen molar-refractivity contribution in [1.29, 1.82) is 0 Å². The molecule has 0 bridgehead atoms. The Hall–Kier alpha value is -1.04. The Labute approximate surface area is 118 Å². The molecule has 0 aromatic heterocycles. The van der Waals surface area contributed by atoms with Crippen LogP contribution in [-0.4, -0.2) is 37.2 Å². The van der Waals surface area contributed by atoms with Crippen molar-refractivity contribution in [1.82, 2.24) is 4.90 Å². The van der Waals surface area contributed by atoms with Crippen LogP contribution in [0.15, 0.2) is 18.2 Å². The number of halogens is 2. The van der Waals surface area contributed by atoms with Crippen LogP contribution in [0.5, 0.6) is 0 Å². The predicted octanol–water partition coefficient (Wildman–Crippen LogP) is 2.47. The lowest BCUT2D eigenvalue weighted by atomic mass is 9.92. The van der Waals surface area contributed by atoms with E-state index in [1.165, 1.54) is 6.07 Å². The standard InChI is InChI=1S/C15H22F2N2O/c1-15(20-2)7-4-8-19(10-15)13(9-18)11-5-3-6-12(16)14(11)17/h3,5-6,13H,4,7-10,18H2,1-2H3. The first-order chi connectivity index (χ1) is 9.50. The lowest BCUT2D eigenvalue weighted by Gasteiger charge is -2.43. The second kappa shape index (κ2) is 6.16. The van der Waals surface area contributed by atoms with Crippen LogP contribution in [0.1, 0.15) is 31.4 Å². The molecule has 0 amide bonds. The van der Waals surface area contributed by atoms with E-state index in [2.05, 4.69) is 4.90 Å². The van der Waals surface area contributed by atoms with Gasteiger partial charge in [-0.25, -0.2) is 8.78 Å². The lowest BCUT2D eigenvalue weighted by Crippen LogP contribution is -2.50. The summed E-state index contributed by atoms with van der Waals surface area (Å²) in [7, 11) is 1.68. The molecule has 112 valence electrons. The number of piperidine rings is 1. The Morgan fingerprint density at radius 3 is 2.85 bits per heavy atom. The van der Waals surface area contributed by atoms with Gasteiger partial charge < -0.3 is 10.5 Å². The molecular weight excluding hydrogens is 262 g/mol. The Morgan fingerprint density at radius 2 is 2.20 bits per heavy atom. The zero-order valence-corrected chi connectivity index (χ0v) is 12.0. The SMILES string of the molecule is COC1(C)CCCN(C(CN)c2cccc(F)c2F)C1. The molecule has 1 aliphatic rings. The summed E-state index contributed by atoms with van der Waals surface area (Å²) in [5.74, 6) is -1.62. The van der Waals surface area contributed by atoms with Crippen LogP contribution in [-0.2, 0) is 4.74 Å². The third kappa shape index (κ3) is 3.00. The maximum Gasteiger partial charge on any atom is 0.163 e. The molecule has 0 spiro atoms. The molecule has 1 aromatic carbocycles. The van der Waals surface area contributed by atoms with Crippen molar-refractivity contribution in [2.75, 3.05) is 26.7 Å². The lowest BCUT2D eigenvalue weighted by molar-refractivity contribution is -0.0611. The van der Waals surface area contributed by atoms with E-state index in [1.54, 1.807) is 13.2 Å². The molecule has 0 radical (unpaired) electrons. The molecule has 1 saturated heterocycles. The predicted molar refractivity (Wildman–Crippen MR) is 74.4 cm³/mol. The number of ether oxygens (including phenoxy) is 1. The summed E-state index contributed by atoms with van der Waals surface area (Å²) < 4.78 is 32.9. The highest BCUT2D eigenvalue weighted by atomic mass is 19.2. The van der Waals surface area contributed by atoms with Gasteiger partial charge in [-0.15, -0.1) is 0 Å². The van der Waals surface area contributed by atoms with Gasteiger partial charge in [0.25, 0.3) is 0 Å². The summed E-state index contributed by atoms with van der Waals surface area (Å²) in [5, 5.41) is 0. The van der Waals surface area contributed by atoms with Gasteiger partial charge in [0.15, 0.2) is 11.6 Å². The van der Waals surface area contributed by atoms with Crippen molar-refractivity contribution < 1.29 is 13.5 Å². The molecule has 20 heavy (non-hydrogen) atoms. The van der Waals surface area contributed by atoms with E-state index in [9.17, 15) is 8.78 Å². The first kappa shape index (κ1) is 15.4. The van der Waals surface area contributed by atoms with E-state index in [0.717, 1.165) is 25.5 Å². The third-order valence-electron chi connectivity index (χ3n) is 4.19. The average molecular weight is 284 g/mol. The number of hydrogen-bond donors (Lipinski definition) is 1. The molecular formula is C15H22F2N2O. The van der Waals surface area contributed by atoms with E-state index in [1.807, 2.05) is 6.92 Å². The monoisotopic (exact) mass is 284 g/mol. The molecule has 2 unspecified atom stereocenters. The molecule has 1 heterocycles. The number of benzene rings is 1. The van der Waals surface area contributed by atoms with Gasteiger partial charge >= 0.3 is 0 Å². The first-order valence-corrected chi connectivity index (χ1v) is 6.94. The van der Waals surface area contributed by atoms with Crippen LogP contribution < -0.4 is 5.73 Å². The molecule has 5 heteroatoms. The van der Waals surface area contributed by atoms with Crippen LogP contribution in [0.25, 0.3) is 0 Å². The summed E-state index contributed by atoms with van der Waals surface area (Å²) in [6, 6.07) is 3.94. The van der Waals surface area contributed by atoms with E-state index >= 15 is 0 Å². The van der Waals surface area contributed by atoms with Crippen molar-refractivity contribution >= 4 is 0 Å². The van der Waals surface area contributed by atoms with Crippen LogP contribution in [0, 0.1) is 11.6 Å².